The first kappa shape index (κ1) is 14.3. The summed E-state index contributed by atoms with van der Waals surface area (Å²) in [5, 5.41) is 12.3. The number of carbonyl (C=O) groups is 2. The first-order chi connectivity index (χ1) is 8.97. The Bertz CT molecular complexity index is 351. The van der Waals surface area contributed by atoms with Crippen molar-refractivity contribution < 1.29 is 14.7 Å². The first-order valence-electron chi connectivity index (χ1n) is 7.19. The zero-order valence-corrected chi connectivity index (χ0v) is 11.8. The minimum atomic E-state index is -0.826. The molecule has 3 atom stereocenters. The molecule has 1 heterocycles. The fourth-order valence-electron chi connectivity index (χ4n) is 3.32. The number of nitrogens with one attached hydrogen (secondary N) is 1. The molecule has 1 saturated heterocycles. The lowest BCUT2D eigenvalue weighted by Gasteiger charge is -2.30. The summed E-state index contributed by atoms with van der Waals surface area (Å²) in [5.41, 5.74) is 0. The van der Waals surface area contributed by atoms with Gasteiger partial charge in [0.05, 0.1) is 11.8 Å². The molecule has 0 aromatic rings. The topological polar surface area (TPSA) is 69.6 Å². The van der Waals surface area contributed by atoms with Crippen LogP contribution in [0.4, 0.5) is 0 Å². The summed E-state index contributed by atoms with van der Waals surface area (Å²) < 4.78 is 0. The Morgan fingerprint density at radius 2 is 1.74 bits per heavy atom. The van der Waals surface area contributed by atoms with Gasteiger partial charge in [-0.2, -0.15) is 0 Å². The van der Waals surface area contributed by atoms with Crippen molar-refractivity contribution in [3.63, 3.8) is 0 Å². The van der Waals surface area contributed by atoms with Crippen LogP contribution in [0.15, 0.2) is 0 Å². The summed E-state index contributed by atoms with van der Waals surface area (Å²) in [5.74, 6) is -1.39. The maximum atomic E-state index is 12.3. The third kappa shape index (κ3) is 3.47. The van der Waals surface area contributed by atoms with Crippen LogP contribution >= 0.6 is 0 Å². The molecule has 0 spiro atoms. The van der Waals surface area contributed by atoms with Crippen molar-refractivity contribution in [3.8, 4) is 0 Å². The summed E-state index contributed by atoms with van der Waals surface area (Å²) in [4.78, 5) is 25.7. The number of hydrogen-bond acceptors (Lipinski definition) is 3. The normalized spacial score (nSPS) is 33.3. The molecule has 1 aliphatic carbocycles. The second-order valence-electron chi connectivity index (χ2n) is 6.21. The molecule has 2 N–H and O–H groups in total. The highest BCUT2D eigenvalue weighted by Crippen LogP contribution is 2.36. The van der Waals surface area contributed by atoms with Crippen LogP contribution in [-0.2, 0) is 9.59 Å². The maximum Gasteiger partial charge on any atom is 0.307 e. The Morgan fingerprint density at radius 1 is 1.16 bits per heavy atom. The molecule has 1 unspecified atom stereocenters. The first-order valence-corrected chi connectivity index (χ1v) is 7.19. The molecule has 0 bridgehead atoms. The third-order valence-electron chi connectivity index (χ3n) is 4.52. The van der Waals surface area contributed by atoms with Crippen LogP contribution in [0, 0.1) is 17.8 Å². The molecule has 0 radical (unpaired) electrons. The highest BCUT2D eigenvalue weighted by atomic mass is 16.4. The molecule has 1 aliphatic heterocycles. The Kier molecular flexibility index (Phi) is 4.45. The van der Waals surface area contributed by atoms with Gasteiger partial charge in [-0.15, -0.1) is 0 Å². The lowest BCUT2D eigenvalue weighted by molar-refractivity contribution is -0.146. The van der Waals surface area contributed by atoms with E-state index in [-0.39, 0.29) is 17.9 Å². The van der Waals surface area contributed by atoms with Crippen LogP contribution in [0.2, 0.25) is 0 Å². The van der Waals surface area contributed by atoms with E-state index in [0.29, 0.717) is 18.8 Å². The maximum absolute atomic E-state index is 12.3. The second-order valence-corrected chi connectivity index (χ2v) is 6.21. The predicted molar refractivity (Wildman–Crippen MR) is 71.7 cm³/mol. The summed E-state index contributed by atoms with van der Waals surface area (Å²) >= 11 is 0. The van der Waals surface area contributed by atoms with E-state index in [4.69, 9.17) is 0 Å². The van der Waals surface area contributed by atoms with E-state index in [1.54, 1.807) is 0 Å². The van der Waals surface area contributed by atoms with Gasteiger partial charge in [-0.25, -0.2) is 0 Å². The Labute approximate surface area is 114 Å². The molecule has 2 rings (SSSR count). The number of nitrogens with zero attached hydrogens (tertiary/aromatic N) is 1. The minimum Gasteiger partial charge on any atom is -0.481 e. The summed E-state index contributed by atoms with van der Waals surface area (Å²) in [6, 6.07) is 0.217. The van der Waals surface area contributed by atoms with Crippen molar-refractivity contribution in [1.29, 1.82) is 0 Å². The third-order valence-corrected chi connectivity index (χ3v) is 4.52. The van der Waals surface area contributed by atoms with Crippen LogP contribution in [0.3, 0.4) is 0 Å². The molecule has 1 saturated carbocycles. The van der Waals surface area contributed by atoms with Gasteiger partial charge in [-0.05, 0) is 51.7 Å². The highest BCUT2D eigenvalue weighted by molar-refractivity contribution is 5.85. The van der Waals surface area contributed by atoms with E-state index in [9.17, 15) is 14.7 Å². The van der Waals surface area contributed by atoms with Gasteiger partial charge in [0.25, 0.3) is 0 Å². The molecule has 19 heavy (non-hydrogen) atoms. The van der Waals surface area contributed by atoms with Gasteiger partial charge in [0.2, 0.25) is 5.91 Å². The van der Waals surface area contributed by atoms with E-state index in [1.807, 2.05) is 6.92 Å². The molecule has 5 heteroatoms. The largest absolute Gasteiger partial charge is 0.481 e. The van der Waals surface area contributed by atoms with Crippen molar-refractivity contribution in [1.82, 2.24) is 10.2 Å². The smallest absolute Gasteiger partial charge is 0.307 e. The number of aliphatic carboxylic acids is 1. The van der Waals surface area contributed by atoms with Gasteiger partial charge in [0.15, 0.2) is 0 Å². The zero-order chi connectivity index (χ0) is 14.0. The number of hydrogen-bond donors (Lipinski definition) is 2. The van der Waals surface area contributed by atoms with E-state index in [1.165, 1.54) is 0 Å². The van der Waals surface area contributed by atoms with Gasteiger partial charge in [-0.1, -0.05) is 6.92 Å². The Balaban J connectivity index is 1.90. The number of likely N-dealkylation sites (tertiary alicyclic amines) is 1. The van der Waals surface area contributed by atoms with Crippen LogP contribution < -0.4 is 5.32 Å². The van der Waals surface area contributed by atoms with Gasteiger partial charge in [-0.3, -0.25) is 9.59 Å². The average Bonchev–Trinajstić information content (AvgIpc) is 2.74. The van der Waals surface area contributed by atoms with Gasteiger partial charge < -0.3 is 15.3 Å². The number of piperidine rings is 1. The molecule has 0 aromatic heterocycles. The number of rotatable bonds is 3. The number of carboxylic acid groups (broad SMARTS) is 1. The lowest BCUT2D eigenvalue weighted by atomic mass is 9.94. The average molecular weight is 268 g/mol. The van der Waals surface area contributed by atoms with Gasteiger partial charge in [0, 0.05) is 6.04 Å². The van der Waals surface area contributed by atoms with Crippen molar-refractivity contribution in [2.24, 2.45) is 17.8 Å². The number of amides is 1. The molecule has 2 fully saturated rings. The highest BCUT2D eigenvalue weighted by Gasteiger charge is 2.41. The van der Waals surface area contributed by atoms with Crippen LogP contribution in [-0.4, -0.2) is 48.1 Å². The summed E-state index contributed by atoms with van der Waals surface area (Å²) in [6.45, 7) is 4.02. The SMILES string of the molecule is CC1C[C@H](C(=O)NC2CCN(C)CC2)[C@H](C(=O)O)C1. The van der Waals surface area contributed by atoms with Crippen LogP contribution in [0.25, 0.3) is 0 Å². The minimum absolute atomic E-state index is 0.0497. The van der Waals surface area contributed by atoms with E-state index < -0.39 is 11.9 Å². The number of carboxylic acids is 1. The van der Waals surface area contributed by atoms with Crippen LogP contribution in [0.5, 0.6) is 0 Å². The van der Waals surface area contributed by atoms with E-state index >= 15 is 0 Å². The van der Waals surface area contributed by atoms with Crippen molar-refractivity contribution in [2.45, 2.75) is 38.6 Å². The molecule has 2 aliphatic rings. The predicted octanol–water partition coefficient (Wildman–Crippen LogP) is 0.944. The fraction of sp³-hybridized carbons (Fsp3) is 0.857. The molecule has 108 valence electrons. The molecule has 5 nitrogen and oxygen atoms in total. The quantitative estimate of drug-likeness (QED) is 0.799. The van der Waals surface area contributed by atoms with Gasteiger partial charge >= 0.3 is 5.97 Å². The zero-order valence-electron chi connectivity index (χ0n) is 11.8. The van der Waals surface area contributed by atoms with E-state index in [2.05, 4.69) is 17.3 Å². The second kappa shape index (κ2) is 5.90. The molecule has 0 aromatic carbocycles. The van der Waals surface area contributed by atoms with Crippen LogP contribution in [0.1, 0.15) is 32.6 Å². The number of carbonyl (C=O) groups excluding carboxylic acids is 1. The standard InChI is InChI=1S/C14H24N2O3/c1-9-7-11(12(8-9)14(18)19)13(17)15-10-3-5-16(2)6-4-10/h9-12H,3-8H2,1-2H3,(H,15,17)(H,18,19)/t9?,11-,12+/m0/s1. The molecule has 1 amide bonds. The Hall–Kier alpha value is -1.10. The van der Waals surface area contributed by atoms with Crippen molar-refractivity contribution >= 4 is 11.9 Å². The van der Waals surface area contributed by atoms with Crippen molar-refractivity contribution in [3.05, 3.63) is 0 Å². The monoisotopic (exact) mass is 268 g/mol. The molecular weight excluding hydrogens is 244 g/mol. The fourth-order valence-corrected chi connectivity index (χ4v) is 3.32. The summed E-state index contributed by atoms with van der Waals surface area (Å²) in [6.07, 6.45) is 3.25. The molecular formula is C14H24N2O3. The lowest BCUT2D eigenvalue weighted by Crippen LogP contribution is -2.46. The van der Waals surface area contributed by atoms with E-state index in [0.717, 1.165) is 25.9 Å². The van der Waals surface area contributed by atoms with Gasteiger partial charge in [0.1, 0.15) is 0 Å². The van der Waals surface area contributed by atoms with Crippen molar-refractivity contribution in [2.75, 3.05) is 20.1 Å². The Morgan fingerprint density at radius 3 is 2.32 bits per heavy atom. The summed E-state index contributed by atoms with van der Waals surface area (Å²) in [7, 11) is 2.08.